The van der Waals surface area contributed by atoms with E-state index in [1.807, 2.05) is 36.4 Å². The molecule has 1 rings (SSSR count). The molecule has 0 bridgehead atoms. The first kappa shape index (κ1) is 14.1. The molecule has 1 atom stereocenters. The highest BCUT2D eigenvalue weighted by atomic mass is 16.5. The number of anilines is 1. The molecule has 0 aliphatic heterocycles. The highest BCUT2D eigenvalue weighted by molar-refractivity contribution is 5.56. The first-order chi connectivity index (χ1) is 8.78. The lowest BCUT2D eigenvalue weighted by atomic mass is 10.1. The van der Waals surface area contributed by atoms with Crippen LogP contribution in [0.25, 0.3) is 0 Å². The van der Waals surface area contributed by atoms with Gasteiger partial charge in [-0.25, -0.2) is 0 Å². The van der Waals surface area contributed by atoms with Gasteiger partial charge in [0.15, 0.2) is 0 Å². The van der Waals surface area contributed by atoms with E-state index in [9.17, 15) is 0 Å². The molecule has 2 heteroatoms. The van der Waals surface area contributed by atoms with Gasteiger partial charge in [0.1, 0.15) is 6.10 Å². The van der Waals surface area contributed by atoms with Gasteiger partial charge < -0.3 is 9.64 Å². The highest BCUT2D eigenvalue weighted by Gasteiger charge is 2.15. The van der Waals surface area contributed by atoms with Crippen LogP contribution in [0, 0.1) is 12.3 Å². The Hall–Kier alpha value is -1.98. The van der Waals surface area contributed by atoms with E-state index in [2.05, 4.69) is 24.0 Å². The lowest BCUT2D eigenvalue weighted by Crippen LogP contribution is -2.25. The Kier molecular flexibility index (Phi) is 5.76. The molecule has 94 valence electrons. The number of para-hydroxylation sites is 1. The van der Waals surface area contributed by atoms with Gasteiger partial charge in [-0.2, -0.15) is 0 Å². The van der Waals surface area contributed by atoms with Gasteiger partial charge in [-0.05, 0) is 6.07 Å². The summed E-state index contributed by atoms with van der Waals surface area (Å²) in [7, 11) is 1.62. The van der Waals surface area contributed by atoms with E-state index in [0.717, 1.165) is 24.3 Å². The fourth-order valence-corrected chi connectivity index (χ4v) is 1.86. The van der Waals surface area contributed by atoms with Crippen molar-refractivity contribution in [1.29, 1.82) is 0 Å². The fourth-order valence-electron chi connectivity index (χ4n) is 1.86. The summed E-state index contributed by atoms with van der Waals surface area (Å²) in [4.78, 5) is 2.15. The maximum Gasteiger partial charge on any atom is 0.144 e. The first-order valence-corrected chi connectivity index (χ1v) is 5.83. The van der Waals surface area contributed by atoms with Crippen molar-refractivity contribution >= 4 is 5.69 Å². The summed E-state index contributed by atoms with van der Waals surface area (Å²) >= 11 is 0. The molecular formula is C16H19NO. The molecule has 0 heterocycles. The molecule has 1 unspecified atom stereocenters. The van der Waals surface area contributed by atoms with Crippen LogP contribution in [0.5, 0.6) is 0 Å². The quantitative estimate of drug-likeness (QED) is 0.537. The zero-order valence-corrected chi connectivity index (χ0v) is 10.8. The minimum Gasteiger partial charge on any atom is -0.364 e. The third kappa shape index (κ3) is 3.26. The van der Waals surface area contributed by atoms with Gasteiger partial charge in [-0.3, -0.25) is 0 Å². The van der Waals surface area contributed by atoms with E-state index >= 15 is 0 Å². The van der Waals surface area contributed by atoms with Crippen LogP contribution in [0.1, 0.15) is 11.7 Å². The van der Waals surface area contributed by atoms with Gasteiger partial charge in [-0.1, -0.05) is 36.3 Å². The minimum absolute atomic E-state index is 0.335. The normalized spacial score (nSPS) is 11.3. The molecule has 2 nitrogen and oxygen atoms in total. The van der Waals surface area contributed by atoms with Gasteiger partial charge in [0.2, 0.25) is 0 Å². The smallest absolute Gasteiger partial charge is 0.144 e. The van der Waals surface area contributed by atoms with Crippen molar-refractivity contribution in [3.63, 3.8) is 0 Å². The zero-order valence-electron chi connectivity index (χ0n) is 10.8. The molecular weight excluding hydrogens is 222 g/mol. The Labute approximate surface area is 110 Å². The average Bonchev–Trinajstić information content (AvgIpc) is 2.41. The third-order valence-electron chi connectivity index (χ3n) is 2.65. The Balaban J connectivity index is 3.16. The number of nitrogens with zero attached hydrogens (tertiary/aromatic N) is 1. The Morgan fingerprint density at radius 3 is 2.44 bits per heavy atom. The van der Waals surface area contributed by atoms with E-state index < -0.39 is 0 Å². The summed E-state index contributed by atoms with van der Waals surface area (Å²) in [5.74, 6) is 2.65. The zero-order chi connectivity index (χ0) is 13.4. The second kappa shape index (κ2) is 7.37. The van der Waals surface area contributed by atoms with Crippen molar-refractivity contribution in [2.24, 2.45) is 0 Å². The monoisotopic (exact) mass is 241 g/mol. The summed E-state index contributed by atoms with van der Waals surface area (Å²) in [5, 5.41) is 0. The van der Waals surface area contributed by atoms with Crippen LogP contribution < -0.4 is 4.90 Å². The highest BCUT2D eigenvalue weighted by Crippen LogP contribution is 2.27. The van der Waals surface area contributed by atoms with Crippen molar-refractivity contribution in [3.05, 3.63) is 55.1 Å². The van der Waals surface area contributed by atoms with E-state index in [-0.39, 0.29) is 6.10 Å². The molecule has 0 radical (unpaired) electrons. The predicted molar refractivity (Wildman–Crippen MR) is 77.6 cm³/mol. The molecule has 0 saturated carbocycles. The van der Waals surface area contributed by atoms with Crippen molar-refractivity contribution in [1.82, 2.24) is 0 Å². The number of terminal acetylenes is 1. The number of rotatable bonds is 7. The summed E-state index contributed by atoms with van der Waals surface area (Å²) in [6, 6.07) is 7.97. The van der Waals surface area contributed by atoms with Crippen molar-refractivity contribution < 1.29 is 4.74 Å². The number of benzene rings is 1. The fraction of sp³-hybridized carbons (Fsp3) is 0.250. The van der Waals surface area contributed by atoms with Crippen LogP contribution in [-0.2, 0) is 4.74 Å². The summed E-state index contributed by atoms with van der Waals surface area (Å²) in [6.45, 7) is 9.03. The lowest BCUT2D eigenvalue weighted by molar-refractivity contribution is 0.151. The molecule has 0 amide bonds. The minimum atomic E-state index is -0.335. The van der Waals surface area contributed by atoms with Gasteiger partial charge in [0, 0.05) is 31.5 Å². The van der Waals surface area contributed by atoms with Crippen molar-refractivity contribution in [3.8, 4) is 12.3 Å². The molecule has 0 fully saturated rings. The summed E-state index contributed by atoms with van der Waals surface area (Å²) in [6.07, 6.45) is 8.88. The molecule has 1 aromatic rings. The molecule has 1 aromatic carbocycles. The second-order valence-corrected chi connectivity index (χ2v) is 3.82. The Bertz CT molecular complexity index is 435. The summed E-state index contributed by atoms with van der Waals surface area (Å²) in [5.41, 5.74) is 2.05. The third-order valence-corrected chi connectivity index (χ3v) is 2.65. The number of hydrogen-bond donors (Lipinski definition) is 0. The molecule has 0 aromatic heterocycles. The Morgan fingerprint density at radius 1 is 1.33 bits per heavy atom. The van der Waals surface area contributed by atoms with Gasteiger partial charge in [-0.15, -0.1) is 19.6 Å². The van der Waals surface area contributed by atoms with Crippen LogP contribution in [0.3, 0.4) is 0 Å². The van der Waals surface area contributed by atoms with Crippen molar-refractivity contribution in [2.75, 3.05) is 25.1 Å². The maximum atomic E-state index is 5.50. The predicted octanol–water partition coefficient (Wildman–Crippen LogP) is 3.19. The van der Waals surface area contributed by atoms with Gasteiger partial charge >= 0.3 is 0 Å². The molecule has 0 spiro atoms. The van der Waals surface area contributed by atoms with Gasteiger partial charge in [0.25, 0.3) is 0 Å². The Morgan fingerprint density at radius 2 is 1.94 bits per heavy atom. The average molecular weight is 241 g/mol. The lowest BCUT2D eigenvalue weighted by Gasteiger charge is -2.26. The van der Waals surface area contributed by atoms with Crippen molar-refractivity contribution in [2.45, 2.75) is 6.10 Å². The molecule has 0 N–H and O–H groups in total. The van der Waals surface area contributed by atoms with E-state index in [4.69, 9.17) is 11.2 Å². The summed E-state index contributed by atoms with van der Waals surface area (Å²) < 4.78 is 5.32. The van der Waals surface area contributed by atoms with Crippen LogP contribution in [0.2, 0.25) is 0 Å². The van der Waals surface area contributed by atoms with E-state index in [0.29, 0.717) is 0 Å². The van der Waals surface area contributed by atoms with E-state index in [1.54, 1.807) is 7.11 Å². The molecule has 18 heavy (non-hydrogen) atoms. The molecule has 0 aliphatic rings. The van der Waals surface area contributed by atoms with E-state index in [1.165, 1.54) is 0 Å². The standard InChI is InChI=1S/C16H19NO/c1-5-12-17(13-6-2)15-11-9-8-10-14(15)16(7-3)18-4/h3,5-6,8-11,16H,1-2,12-13H2,4H3. The van der Waals surface area contributed by atoms with Crippen LogP contribution >= 0.6 is 0 Å². The van der Waals surface area contributed by atoms with Crippen LogP contribution in [0.4, 0.5) is 5.69 Å². The largest absolute Gasteiger partial charge is 0.364 e. The molecule has 0 saturated heterocycles. The van der Waals surface area contributed by atoms with Crippen LogP contribution in [0.15, 0.2) is 49.6 Å². The number of ether oxygens (including phenoxy) is 1. The topological polar surface area (TPSA) is 12.5 Å². The number of hydrogen-bond acceptors (Lipinski definition) is 2. The van der Waals surface area contributed by atoms with Crippen LogP contribution in [-0.4, -0.2) is 20.2 Å². The first-order valence-electron chi connectivity index (χ1n) is 5.83. The molecule has 0 aliphatic carbocycles. The van der Waals surface area contributed by atoms with Gasteiger partial charge in [0.05, 0.1) is 0 Å². The second-order valence-electron chi connectivity index (χ2n) is 3.82. The number of methoxy groups -OCH3 is 1. The maximum absolute atomic E-state index is 5.50. The SMILES string of the molecule is C#CC(OC)c1ccccc1N(CC=C)CC=C.